The molecule has 0 aromatic heterocycles. The summed E-state index contributed by atoms with van der Waals surface area (Å²) >= 11 is 6.02. The van der Waals surface area contributed by atoms with E-state index in [9.17, 15) is 4.39 Å². The summed E-state index contributed by atoms with van der Waals surface area (Å²) in [5.41, 5.74) is 0.579. The lowest BCUT2D eigenvalue weighted by Gasteiger charge is -2.35. The molecule has 0 saturated carbocycles. The highest BCUT2D eigenvalue weighted by molar-refractivity contribution is 6.31. The zero-order chi connectivity index (χ0) is 12.4. The van der Waals surface area contributed by atoms with Crippen LogP contribution in [-0.4, -0.2) is 30.2 Å². The molecule has 1 aliphatic heterocycles. The summed E-state index contributed by atoms with van der Waals surface area (Å²) in [6.45, 7) is 6.24. The highest BCUT2D eigenvalue weighted by atomic mass is 35.5. The second kappa shape index (κ2) is 5.34. The van der Waals surface area contributed by atoms with Gasteiger partial charge in [0.25, 0.3) is 0 Å². The average molecular weight is 258 g/mol. The maximum Gasteiger partial charge on any atom is 0.129 e. The van der Waals surface area contributed by atoms with Crippen LogP contribution in [-0.2, 0) is 11.3 Å². The molecular formula is C13H17ClFNO. The Morgan fingerprint density at radius 1 is 1.35 bits per heavy atom. The molecule has 17 heavy (non-hydrogen) atoms. The van der Waals surface area contributed by atoms with E-state index in [0.29, 0.717) is 17.1 Å². The lowest BCUT2D eigenvalue weighted by Crippen LogP contribution is -2.45. The van der Waals surface area contributed by atoms with Crippen LogP contribution in [0, 0.1) is 5.82 Å². The van der Waals surface area contributed by atoms with Crippen LogP contribution < -0.4 is 0 Å². The average Bonchev–Trinajstić information content (AvgIpc) is 2.22. The molecule has 1 aromatic carbocycles. The Labute approximate surface area is 106 Å². The van der Waals surface area contributed by atoms with Crippen LogP contribution in [0.2, 0.25) is 5.02 Å². The first-order valence-electron chi connectivity index (χ1n) is 5.87. The third-order valence-corrected chi connectivity index (χ3v) is 3.29. The van der Waals surface area contributed by atoms with Crippen molar-refractivity contribution in [2.45, 2.75) is 32.6 Å². The van der Waals surface area contributed by atoms with E-state index in [2.05, 4.69) is 4.90 Å². The van der Waals surface area contributed by atoms with Crippen LogP contribution in [0.4, 0.5) is 4.39 Å². The largest absolute Gasteiger partial charge is 0.373 e. The van der Waals surface area contributed by atoms with Gasteiger partial charge in [0, 0.05) is 30.2 Å². The fourth-order valence-corrected chi connectivity index (χ4v) is 2.54. The third kappa shape index (κ3) is 3.18. The van der Waals surface area contributed by atoms with Crippen molar-refractivity contribution in [2.24, 2.45) is 0 Å². The standard InChI is InChI=1S/C13H17ClFNO/c1-9-6-16(7-10(2)17-9)8-11-12(14)4-3-5-13(11)15/h3-5,9-10H,6-8H2,1-2H3/t9-,10-/m1/s1. The van der Waals surface area contributed by atoms with Gasteiger partial charge in [-0.05, 0) is 26.0 Å². The van der Waals surface area contributed by atoms with Gasteiger partial charge in [-0.15, -0.1) is 0 Å². The lowest BCUT2D eigenvalue weighted by molar-refractivity contribution is -0.0707. The van der Waals surface area contributed by atoms with E-state index in [-0.39, 0.29) is 18.0 Å². The Kier molecular flexibility index (Phi) is 4.02. The van der Waals surface area contributed by atoms with Crippen molar-refractivity contribution < 1.29 is 9.13 Å². The number of nitrogens with zero attached hydrogens (tertiary/aromatic N) is 1. The highest BCUT2D eigenvalue weighted by Crippen LogP contribution is 2.22. The molecule has 1 heterocycles. The van der Waals surface area contributed by atoms with E-state index >= 15 is 0 Å². The van der Waals surface area contributed by atoms with E-state index < -0.39 is 0 Å². The number of hydrogen-bond acceptors (Lipinski definition) is 2. The molecule has 0 N–H and O–H groups in total. The van der Waals surface area contributed by atoms with Crippen molar-refractivity contribution in [2.75, 3.05) is 13.1 Å². The molecular weight excluding hydrogens is 241 g/mol. The van der Waals surface area contributed by atoms with Gasteiger partial charge < -0.3 is 4.74 Å². The molecule has 2 atom stereocenters. The van der Waals surface area contributed by atoms with Crippen LogP contribution in [0.1, 0.15) is 19.4 Å². The summed E-state index contributed by atoms with van der Waals surface area (Å²) in [4.78, 5) is 2.18. The monoisotopic (exact) mass is 257 g/mol. The number of hydrogen-bond donors (Lipinski definition) is 0. The predicted molar refractivity (Wildman–Crippen MR) is 66.7 cm³/mol. The van der Waals surface area contributed by atoms with E-state index in [1.54, 1.807) is 12.1 Å². The van der Waals surface area contributed by atoms with Crippen LogP contribution in [0.5, 0.6) is 0 Å². The first-order chi connectivity index (χ1) is 8.06. The topological polar surface area (TPSA) is 12.5 Å². The number of morpholine rings is 1. The van der Waals surface area contributed by atoms with Gasteiger partial charge in [0.15, 0.2) is 0 Å². The van der Waals surface area contributed by atoms with Gasteiger partial charge in [-0.2, -0.15) is 0 Å². The van der Waals surface area contributed by atoms with Crippen LogP contribution in [0.15, 0.2) is 18.2 Å². The quantitative estimate of drug-likeness (QED) is 0.807. The minimum atomic E-state index is -0.232. The summed E-state index contributed by atoms with van der Waals surface area (Å²) in [5, 5.41) is 0.497. The molecule has 0 bridgehead atoms. The number of rotatable bonds is 2. The first kappa shape index (κ1) is 12.8. The van der Waals surface area contributed by atoms with Gasteiger partial charge >= 0.3 is 0 Å². The van der Waals surface area contributed by atoms with Gasteiger partial charge in [0.1, 0.15) is 5.82 Å². The van der Waals surface area contributed by atoms with Crippen molar-refractivity contribution >= 4 is 11.6 Å². The number of benzene rings is 1. The van der Waals surface area contributed by atoms with Gasteiger partial charge in [0.05, 0.1) is 12.2 Å². The summed E-state index contributed by atoms with van der Waals surface area (Å²) < 4.78 is 19.3. The fourth-order valence-electron chi connectivity index (χ4n) is 2.32. The minimum Gasteiger partial charge on any atom is -0.373 e. The minimum absolute atomic E-state index is 0.185. The van der Waals surface area contributed by atoms with Gasteiger partial charge in [-0.25, -0.2) is 4.39 Å². The number of ether oxygens (including phenoxy) is 1. The van der Waals surface area contributed by atoms with Gasteiger partial charge in [-0.1, -0.05) is 17.7 Å². The second-order valence-electron chi connectivity index (χ2n) is 4.65. The third-order valence-electron chi connectivity index (χ3n) is 2.94. The summed E-state index contributed by atoms with van der Waals surface area (Å²) in [7, 11) is 0. The normalized spacial score (nSPS) is 26.1. The zero-order valence-corrected chi connectivity index (χ0v) is 10.9. The molecule has 1 fully saturated rings. The first-order valence-corrected chi connectivity index (χ1v) is 6.24. The molecule has 1 saturated heterocycles. The van der Waals surface area contributed by atoms with Crippen molar-refractivity contribution in [1.82, 2.24) is 4.90 Å². The Balaban J connectivity index is 2.10. The van der Waals surface area contributed by atoms with Crippen LogP contribution in [0.3, 0.4) is 0 Å². The fraction of sp³-hybridized carbons (Fsp3) is 0.538. The van der Waals surface area contributed by atoms with E-state index in [4.69, 9.17) is 16.3 Å². The lowest BCUT2D eigenvalue weighted by atomic mass is 10.1. The Bertz CT molecular complexity index is 369. The molecule has 2 rings (SSSR count). The molecule has 94 valence electrons. The van der Waals surface area contributed by atoms with Crippen LogP contribution in [0.25, 0.3) is 0 Å². The van der Waals surface area contributed by atoms with E-state index in [0.717, 1.165) is 13.1 Å². The molecule has 0 amide bonds. The Morgan fingerprint density at radius 3 is 2.59 bits per heavy atom. The molecule has 0 aliphatic carbocycles. The molecule has 2 nitrogen and oxygen atoms in total. The molecule has 4 heteroatoms. The smallest absolute Gasteiger partial charge is 0.129 e. The SMILES string of the molecule is C[C@@H]1CN(Cc2c(F)cccc2Cl)C[C@@H](C)O1. The molecule has 0 radical (unpaired) electrons. The van der Waals surface area contributed by atoms with Crippen LogP contribution >= 0.6 is 11.6 Å². The number of halogens is 2. The van der Waals surface area contributed by atoms with Crippen molar-refractivity contribution in [3.63, 3.8) is 0 Å². The van der Waals surface area contributed by atoms with Gasteiger partial charge in [-0.3, -0.25) is 4.90 Å². The Hall–Kier alpha value is -0.640. The van der Waals surface area contributed by atoms with Crippen molar-refractivity contribution in [1.29, 1.82) is 0 Å². The summed E-state index contributed by atoms with van der Waals surface area (Å²) in [5.74, 6) is -0.232. The molecule has 0 spiro atoms. The summed E-state index contributed by atoms with van der Waals surface area (Å²) in [6, 6.07) is 4.81. The highest BCUT2D eigenvalue weighted by Gasteiger charge is 2.23. The molecule has 0 unspecified atom stereocenters. The maximum atomic E-state index is 13.7. The maximum absolute atomic E-state index is 13.7. The molecule has 1 aliphatic rings. The van der Waals surface area contributed by atoms with E-state index in [1.807, 2.05) is 13.8 Å². The van der Waals surface area contributed by atoms with Gasteiger partial charge in [0.2, 0.25) is 0 Å². The van der Waals surface area contributed by atoms with Crippen molar-refractivity contribution in [3.8, 4) is 0 Å². The molecule has 1 aromatic rings. The zero-order valence-electron chi connectivity index (χ0n) is 10.1. The van der Waals surface area contributed by atoms with Crippen molar-refractivity contribution in [3.05, 3.63) is 34.6 Å². The summed E-state index contributed by atoms with van der Waals surface area (Å²) in [6.07, 6.45) is 0.369. The predicted octanol–water partition coefficient (Wildman–Crippen LogP) is 3.09. The van der Waals surface area contributed by atoms with E-state index in [1.165, 1.54) is 6.07 Å². The second-order valence-corrected chi connectivity index (χ2v) is 5.06. The Morgan fingerprint density at radius 2 is 2.00 bits per heavy atom.